The lowest BCUT2D eigenvalue weighted by molar-refractivity contribution is 0.102. The Balaban J connectivity index is 1.61. The zero-order chi connectivity index (χ0) is 20.0. The van der Waals surface area contributed by atoms with Gasteiger partial charge in [0.05, 0.1) is 4.90 Å². The summed E-state index contributed by atoms with van der Waals surface area (Å²) in [5.41, 5.74) is 3.20. The molecular weight excluding hydrogens is 372 g/mol. The molecule has 28 heavy (non-hydrogen) atoms. The van der Waals surface area contributed by atoms with E-state index in [9.17, 15) is 13.2 Å². The molecule has 3 rings (SSSR count). The van der Waals surface area contributed by atoms with Crippen LogP contribution in [0.5, 0.6) is 0 Å². The minimum Gasteiger partial charge on any atom is -0.322 e. The van der Waals surface area contributed by atoms with Gasteiger partial charge in [-0.1, -0.05) is 42.5 Å². The highest BCUT2D eigenvalue weighted by Gasteiger charge is 2.14. The lowest BCUT2D eigenvalue weighted by Crippen LogP contribution is -2.26. The third kappa shape index (κ3) is 5.28. The Bertz CT molecular complexity index is 1050. The third-order valence-electron chi connectivity index (χ3n) is 4.25. The van der Waals surface area contributed by atoms with E-state index in [-0.39, 0.29) is 10.8 Å². The molecule has 0 aliphatic carbocycles. The van der Waals surface area contributed by atoms with Crippen LogP contribution in [-0.2, 0) is 16.4 Å². The van der Waals surface area contributed by atoms with Gasteiger partial charge >= 0.3 is 0 Å². The number of hydrogen-bond donors (Lipinski definition) is 2. The van der Waals surface area contributed by atoms with Crippen molar-refractivity contribution in [3.8, 4) is 0 Å². The van der Waals surface area contributed by atoms with Crippen molar-refractivity contribution in [1.82, 2.24) is 4.72 Å². The van der Waals surface area contributed by atoms with Crippen molar-refractivity contribution in [2.24, 2.45) is 0 Å². The second-order valence-electron chi connectivity index (χ2n) is 6.48. The minimum atomic E-state index is -3.62. The smallest absolute Gasteiger partial charge is 0.255 e. The molecule has 6 heteroatoms. The summed E-state index contributed by atoms with van der Waals surface area (Å²) in [5, 5.41) is 2.81. The lowest BCUT2D eigenvalue weighted by Gasteiger charge is -2.09. The molecule has 0 heterocycles. The van der Waals surface area contributed by atoms with E-state index in [0.29, 0.717) is 24.2 Å². The van der Waals surface area contributed by atoms with Crippen molar-refractivity contribution in [2.45, 2.75) is 18.2 Å². The molecule has 0 fully saturated rings. The molecule has 3 aromatic rings. The molecule has 3 aromatic carbocycles. The molecule has 0 saturated heterocycles. The molecule has 0 aromatic heterocycles. The van der Waals surface area contributed by atoms with Crippen molar-refractivity contribution in [2.75, 3.05) is 11.9 Å². The second-order valence-corrected chi connectivity index (χ2v) is 8.25. The number of aryl methyl sites for hydroxylation is 1. The van der Waals surface area contributed by atoms with Crippen LogP contribution >= 0.6 is 0 Å². The maximum absolute atomic E-state index is 12.4. The lowest BCUT2D eigenvalue weighted by atomic mass is 10.2. The first kappa shape index (κ1) is 19.8. The topological polar surface area (TPSA) is 75.3 Å². The maximum Gasteiger partial charge on any atom is 0.255 e. The number of hydrogen-bond acceptors (Lipinski definition) is 3. The van der Waals surface area contributed by atoms with Gasteiger partial charge in [0, 0.05) is 17.8 Å². The van der Waals surface area contributed by atoms with Gasteiger partial charge < -0.3 is 5.32 Å². The quantitative estimate of drug-likeness (QED) is 0.641. The normalized spacial score (nSPS) is 11.2. The first-order valence-electron chi connectivity index (χ1n) is 8.96. The van der Waals surface area contributed by atoms with Gasteiger partial charge in [0.1, 0.15) is 0 Å². The number of carbonyl (C=O) groups excluding carboxylic acids is 1. The Morgan fingerprint density at radius 3 is 2.29 bits per heavy atom. The first-order valence-corrected chi connectivity index (χ1v) is 10.4. The SMILES string of the molecule is Cc1cccc(NC(=O)c2ccc(S(=O)(=O)NCCc3ccccc3)cc2)c1. The summed E-state index contributed by atoms with van der Waals surface area (Å²) in [6, 6.07) is 23.1. The van der Waals surface area contributed by atoms with Crippen LogP contribution in [-0.4, -0.2) is 20.9 Å². The van der Waals surface area contributed by atoms with E-state index in [2.05, 4.69) is 10.0 Å². The molecule has 1 amide bonds. The van der Waals surface area contributed by atoms with Crippen LogP contribution in [0, 0.1) is 6.92 Å². The number of anilines is 1. The van der Waals surface area contributed by atoms with Crippen molar-refractivity contribution in [3.05, 3.63) is 95.6 Å². The number of benzene rings is 3. The molecule has 0 radical (unpaired) electrons. The van der Waals surface area contributed by atoms with Crippen molar-refractivity contribution < 1.29 is 13.2 Å². The number of sulfonamides is 1. The molecule has 144 valence electrons. The van der Waals surface area contributed by atoms with Crippen LogP contribution in [0.15, 0.2) is 83.8 Å². The molecule has 5 nitrogen and oxygen atoms in total. The summed E-state index contributed by atoms with van der Waals surface area (Å²) in [6.07, 6.45) is 0.608. The summed E-state index contributed by atoms with van der Waals surface area (Å²) in [4.78, 5) is 12.5. The fourth-order valence-corrected chi connectivity index (χ4v) is 3.80. The molecule has 2 N–H and O–H groups in total. The zero-order valence-electron chi connectivity index (χ0n) is 15.6. The molecular formula is C22H22N2O3S. The zero-order valence-corrected chi connectivity index (χ0v) is 16.4. The number of carbonyl (C=O) groups is 1. The highest BCUT2D eigenvalue weighted by atomic mass is 32.2. The fourth-order valence-electron chi connectivity index (χ4n) is 2.77. The van der Waals surface area contributed by atoms with E-state index in [1.165, 1.54) is 24.3 Å². The first-order chi connectivity index (χ1) is 13.4. The highest BCUT2D eigenvalue weighted by molar-refractivity contribution is 7.89. The van der Waals surface area contributed by atoms with Crippen LogP contribution < -0.4 is 10.0 Å². The summed E-state index contributed by atoms with van der Waals surface area (Å²) < 4.78 is 27.4. The number of amides is 1. The Morgan fingerprint density at radius 1 is 0.893 bits per heavy atom. The van der Waals surface area contributed by atoms with E-state index in [1.807, 2.05) is 55.5 Å². The Hall–Kier alpha value is -2.96. The summed E-state index contributed by atoms with van der Waals surface area (Å²) >= 11 is 0. The fraction of sp³-hybridized carbons (Fsp3) is 0.136. The molecule has 0 unspecified atom stereocenters. The maximum atomic E-state index is 12.4. The second kappa shape index (κ2) is 8.82. The third-order valence-corrected chi connectivity index (χ3v) is 5.73. The molecule has 0 bridgehead atoms. The van der Waals surface area contributed by atoms with E-state index in [1.54, 1.807) is 6.07 Å². The van der Waals surface area contributed by atoms with Gasteiger partial charge in [-0.25, -0.2) is 13.1 Å². The summed E-state index contributed by atoms with van der Waals surface area (Å²) in [5.74, 6) is -0.286. The van der Waals surface area contributed by atoms with Crippen molar-refractivity contribution in [1.29, 1.82) is 0 Å². The van der Waals surface area contributed by atoms with E-state index in [4.69, 9.17) is 0 Å². The van der Waals surface area contributed by atoms with Crippen LogP contribution in [0.2, 0.25) is 0 Å². The molecule has 0 atom stereocenters. The van der Waals surface area contributed by atoms with E-state index >= 15 is 0 Å². The van der Waals surface area contributed by atoms with Gasteiger partial charge in [-0.15, -0.1) is 0 Å². The molecule has 0 aliphatic heterocycles. The summed E-state index contributed by atoms with van der Waals surface area (Å²) in [7, 11) is -3.62. The molecule has 0 aliphatic rings. The standard InChI is InChI=1S/C22H22N2O3S/c1-17-6-5-9-20(16-17)24-22(25)19-10-12-21(13-11-19)28(26,27)23-15-14-18-7-3-2-4-8-18/h2-13,16,23H,14-15H2,1H3,(H,24,25). The average Bonchev–Trinajstić information content (AvgIpc) is 2.69. The minimum absolute atomic E-state index is 0.132. The Labute approximate surface area is 165 Å². The largest absolute Gasteiger partial charge is 0.322 e. The average molecular weight is 394 g/mol. The number of rotatable bonds is 7. The van der Waals surface area contributed by atoms with Gasteiger partial charge in [-0.3, -0.25) is 4.79 Å². The summed E-state index contributed by atoms with van der Waals surface area (Å²) in [6.45, 7) is 2.25. The van der Waals surface area contributed by atoms with Crippen LogP contribution in [0.4, 0.5) is 5.69 Å². The van der Waals surface area contributed by atoms with Crippen LogP contribution in [0.3, 0.4) is 0 Å². The molecule has 0 spiro atoms. The molecule has 0 saturated carbocycles. The van der Waals surface area contributed by atoms with Crippen molar-refractivity contribution in [3.63, 3.8) is 0 Å². The van der Waals surface area contributed by atoms with Gasteiger partial charge in [0.25, 0.3) is 5.91 Å². The predicted molar refractivity (Wildman–Crippen MR) is 111 cm³/mol. The highest BCUT2D eigenvalue weighted by Crippen LogP contribution is 2.14. The Morgan fingerprint density at radius 2 is 1.61 bits per heavy atom. The Kier molecular flexibility index (Phi) is 6.23. The van der Waals surface area contributed by atoms with Gasteiger partial charge in [0.2, 0.25) is 10.0 Å². The number of nitrogens with one attached hydrogen (secondary N) is 2. The van der Waals surface area contributed by atoms with Gasteiger partial charge in [0.15, 0.2) is 0 Å². The monoisotopic (exact) mass is 394 g/mol. The van der Waals surface area contributed by atoms with Crippen molar-refractivity contribution >= 4 is 21.6 Å². The van der Waals surface area contributed by atoms with Crippen LogP contribution in [0.25, 0.3) is 0 Å². The van der Waals surface area contributed by atoms with E-state index in [0.717, 1.165) is 11.1 Å². The van der Waals surface area contributed by atoms with Crippen LogP contribution in [0.1, 0.15) is 21.5 Å². The van der Waals surface area contributed by atoms with E-state index < -0.39 is 10.0 Å². The van der Waals surface area contributed by atoms with Gasteiger partial charge in [-0.05, 0) is 60.9 Å². The predicted octanol–water partition coefficient (Wildman–Crippen LogP) is 3.77. The van der Waals surface area contributed by atoms with Gasteiger partial charge in [-0.2, -0.15) is 0 Å².